The highest BCUT2D eigenvalue weighted by atomic mass is 19.1. The molecule has 0 unspecified atom stereocenters. The summed E-state index contributed by atoms with van der Waals surface area (Å²) in [6.07, 6.45) is 2.18. The fourth-order valence-electron chi connectivity index (χ4n) is 2.39. The number of benzene rings is 1. The Hall–Kier alpha value is -1.97. The van der Waals surface area contributed by atoms with Crippen LogP contribution in [-0.2, 0) is 19.9 Å². The molecule has 3 nitrogen and oxygen atoms in total. The van der Waals surface area contributed by atoms with Crippen molar-refractivity contribution in [2.45, 2.75) is 26.7 Å². The van der Waals surface area contributed by atoms with E-state index in [1.54, 1.807) is 16.8 Å². The molecule has 1 aromatic carbocycles. The highest BCUT2D eigenvalue weighted by molar-refractivity contribution is 5.78. The predicted octanol–water partition coefficient (Wildman–Crippen LogP) is 3.16. The maximum absolute atomic E-state index is 14.2. The highest BCUT2D eigenvalue weighted by Crippen LogP contribution is 2.30. The third kappa shape index (κ3) is 2.30. The molecule has 2 aromatic rings. The zero-order valence-electron chi connectivity index (χ0n) is 11.4. The number of aldehydes is 1. The standard InChI is InChI=1S/C15H17FN2O/c1-4-13-15(14(5-2)18(3)17-13)11-7-6-10(9-19)8-12(11)16/h6-9H,4-5H2,1-3H3. The Morgan fingerprint density at radius 3 is 2.58 bits per heavy atom. The molecular weight excluding hydrogens is 243 g/mol. The van der Waals surface area contributed by atoms with Gasteiger partial charge < -0.3 is 0 Å². The lowest BCUT2D eigenvalue weighted by atomic mass is 9.99. The van der Waals surface area contributed by atoms with E-state index >= 15 is 0 Å². The molecule has 0 saturated heterocycles. The Morgan fingerprint density at radius 2 is 2.05 bits per heavy atom. The second-order valence-electron chi connectivity index (χ2n) is 4.46. The van der Waals surface area contributed by atoms with Crippen molar-refractivity contribution >= 4 is 6.29 Å². The molecule has 0 radical (unpaired) electrons. The van der Waals surface area contributed by atoms with Crippen molar-refractivity contribution in [3.8, 4) is 11.1 Å². The molecule has 0 amide bonds. The van der Waals surface area contributed by atoms with Gasteiger partial charge in [-0.2, -0.15) is 5.10 Å². The fraction of sp³-hybridized carbons (Fsp3) is 0.333. The van der Waals surface area contributed by atoms with Crippen LogP contribution in [-0.4, -0.2) is 16.1 Å². The molecule has 0 bridgehead atoms. The lowest BCUT2D eigenvalue weighted by Gasteiger charge is -2.07. The van der Waals surface area contributed by atoms with Crippen molar-refractivity contribution < 1.29 is 9.18 Å². The molecule has 0 atom stereocenters. The van der Waals surface area contributed by atoms with Crippen LogP contribution in [0.2, 0.25) is 0 Å². The average Bonchev–Trinajstić information content (AvgIpc) is 2.74. The maximum atomic E-state index is 14.2. The van der Waals surface area contributed by atoms with E-state index in [4.69, 9.17) is 0 Å². The van der Waals surface area contributed by atoms with Gasteiger partial charge in [0.15, 0.2) is 0 Å². The second kappa shape index (κ2) is 5.34. The summed E-state index contributed by atoms with van der Waals surface area (Å²) in [6, 6.07) is 4.57. The summed E-state index contributed by atoms with van der Waals surface area (Å²) in [7, 11) is 1.87. The molecule has 0 aliphatic carbocycles. The zero-order chi connectivity index (χ0) is 14.0. The minimum Gasteiger partial charge on any atom is -0.298 e. The van der Waals surface area contributed by atoms with Gasteiger partial charge in [-0.3, -0.25) is 9.48 Å². The summed E-state index contributed by atoms with van der Waals surface area (Å²) in [5.74, 6) is -0.373. The Morgan fingerprint density at radius 1 is 1.32 bits per heavy atom. The van der Waals surface area contributed by atoms with Crippen molar-refractivity contribution in [3.05, 3.63) is 41.0 Å². The van der Waals surface area contributed by atoms with Crippen LogP contribution in [0, 0.1) is 5.82 Å². The number of hydrogen-bond acceptors (Lipinski definition) is 2. The summed E-state index contributed by atoms with van der Waals surface area (Å²) in [6.45, 7) is 4.03. The largest absolute Gasteiger partial charge is 0.298 e. The van der Waals surface area contributed by atoms with Gasteiger partial charge in [-0.15, -0.1) is 0 Å². The Kier molecular flexibility index (Phi) is 3.79. The van der Waals surface area contributed by atoms with Crippen LogP contribution >= 0.6 is 0 Å². The summed E-state index contributed by atoms with van der Waals surface area (Å²) >= 11 is 0. The molecule has 0 aliphatic rings. The lowest BCUT2D eigenvalue weighted by molar-refractivity contribution is 0.112. The first-order valence-electron chi connectivity index (χ1n) is 6.42. The van der Waals surface area contributed by atoms with Crippen molar-refractivity contribution in [1.29, 1.82) is 0 Å². The summed E-state index contributed by atoms with van der Waals surface area (Å²) in [4.78, 5) is 10.7. The summed E-state index contributed by atoms with van der Waals surface area (Å²) < 4.78 is 16.0. The minimum absolute atomic E-state index is 0.348. The normalized spacial score (nSPS) is 10.7. The second-order valence-corrected chi connectivity index (χ2v) is 4.46. The number of hydrogen-bond donors (Lipinski definition) is 0. The molecule has 2 rings (SSSR count). The van der Waals surface area contributed by atoms with Gasteiger partial charge in [-0.25, -0.2) is 4.39 Å². The summed E-state index contributed by atoms with van der Waals surface area (Å²) in [5.41, 5.74) is 3.63. The molecule has 19 heavy (non-hydrogen) atoms. The van der Waals surface area contributed by atoms with Crippen LogP contribution in [0.15, 0.2) is 18.2 Å². The molecule has 100 valence electrons. The van der Waals surface area contributed by atoms with E-state index in [0.717, 1.165) is 29.8 Å². The van der Waals surface area contributed by atoms with E-state index in [1.165, 1.54) is 6.07 Å². The molecule has 0 fully saturated rings. The minimum atomic E-state index is -0.373. The monoisotopic (exact) mass is 260 g/mol. The Balaban J connectivity index is 2.67. The quantitative estimate of drug-likeness (QED) is 0.791. The zero-order valence-corrected chi connectivity index (χ0v) is 11.4. The number of carbonyl (C=O) groups excluding carboxylic acids is 1. The van der Waals surface area contributed by atoms with Gasteiger partial charge in [0.2, 0.25) is 0 Å². The number of halogens is 1. The topological polar surface area (TPSA) is 34.9 Å². The maximum Gasteiger partial charge on any atom is 0.150 e. The first-order chi connectivity index (χ1) is 9.12. The first-order valence-corrected chi connectivity index (χ1v) is 6.42. The molecule has 4 heteroatoms. The van der Waals surface area contributed by atoms with Crippen LogP contribution in [0.25, 0.3) is 11.1 Å². The molecule has 0 saturated carbocycles. The van der Waals surface area contributed by atoms with E-state index in [0.29, 0.717) is 17.4 Å². The number of aryl methyl sites for hydroxylation is 2. The van der Waals surface area contributed by atoms with Crippen LogP contribution in [0.5, 0.6) is 0 Å². The van der Waals surface area contributed by atoms with Gasteiger partial charge in [0.25, 0.3) is 0 Å². The van der Waals surface area contributed by atoms with Gasteiger partial charge >= 0.3 is 0 Å². The molecular formula is C15H17FN2O. The first kappa shape index (κ1) is 13.5. The third-order valence-corrected chi connectivity index (χ3v) is 3.31. The molecule has 0 N–H and O–H groups in total. The van der Waals surface area contributed by atoms with Crippen LogP contribution < -0.4 is 0 Å². The van der Waals surface area contributed by atoms with Crippen molar-refractivity contribution in [2.24, 2.45) is 7.05 Å². The average molecular weight is 260 g/mol. The van der Waals surface area contributed by atoms with Gasteiger partial charge in [0.1, 0.15) is 12.1 Å². The number of nitrogens with zero attached hydrogens (tertiary/aromatic N) is 2. The van der Waals surface area contributed by atoms with Gasteiger partial charge in [-0.1, -0.05) is 26.0 Å². The Bertz CT molecular complexity index is 617. The number of aromatic nitrogens is 2. The highest BCUT2D eigenvalue weighted by Gasteiger charge is 2.18. The van der Waals surface area contributed by atoms with E-state index < -0.39 is 0 Å². The van der Waals surface area contributed by atoms with Crippen LogP contribution in [0.4, 0.5) is 4.39 Å². The van der Waals surface area contributed by atoms with Crippen molar-refractivity contribution in [2.75, 3.05) is 0 Å². The van der Waals surface area contributed by atoms with Crippen molar-refractivity contribution in [3.63, 3.8) is 0 Å². The lowest BCUT2D eigenvalue weighted by Crippen LogP contribution is -1.98. The Labute approximate surface area is 112 Å². The molecule has 1 aromatic heterocycles. The summed E-state index contributed by atoms with van der Waals surface area (Å²) in [5, 5.41) is 4.44. The van der Waals surface area contributed by atoms with E-state index in [9.17, 15) is 9.18 Å². The molecule has 0 aliphatic heterocycles. The van der Waals surface area contributed by atoms with Gasteiger partial charge in [-0.05, 0) is 18.9 Å². The van der Waals surface area contributed by atoms with Crippen LogP contribution in [0.1, 0.15) is 35.6 Å². The van der Waals surface area contributed by atoms with E-state index in [2.05, 4.69) is 5.10 Å². The van der Waals surface area contributed by atoms with E-state index in [1.807, 2.05) is 20.9 Å². The third-order valence-electron chi connectivity index (χ3n) is 3.31. The van der Waals surface area contributed by atoms with Gasteiger partial charge in [0.05, 0.1) is 5.69 Å². The SMILES string of the molecule is CCc1nn(C)c(CC)c1-c1ccc(C=O)cc1F. The predicted molar refractivity (Wildman–Crippen MR) is 72.7 cm³/mol. The van der Waals surface area contributed by atoms with E-state index in [-0.39, 0.29) is 5.82 Å². The van der Waals surface area contributed by atoms with Gasteiger partial charge in [0, 0.05) is 29.4 Å². The van der Waals surface area contributed by atoms with Crippen molar-refractivity contribution in [1.82, 2.24) is 9.78 Å². The number of carbonyl (C=O) groups is 1. The number of rotatable bonds is 4. The smallest absolute Gasteiger partial charge is 0.150 e. The molecule has 1 heterocycles. The molecule has 0 spiro atoms. The van der Waals surface area contributed by atoms with Crippen LogP contribution in [0.3, 0.4) is 0 Å². The fourth-order valence-corrected chi connectivity index (χ4v) is 2.39.